The number of nitrogens with zero attached hydrogens (tertiary/aromatic N) is 1. The molecule has 0 bridgehead atoms. The molecule has 1 spiro atoms. The molecule has 31 heavy (non-hydrogen) atoms. The van der Waals surface area contributed by atoms with Gasteiger partial charge in [0.15, 0.2) is 0 Å². The summed E-state index contributed by atoms with van der Waals surface area (Å²) in [4.78, 5) is 17.0. The zero-order valence-electron chi connectivity index (χ0n) is 17.1. The molecule has 2 aliphatic rings. The first-order chi connectivity index (χ1) is 14.7. The lowest BCUT2D eigenvalue weighted by atomic mass is 9.65. The van der Waals surface area contributed by atoms with Crippen LogP contribution >= 0.6 is 11.6 Å². The Bertz CT molecular complexity index is 954. The van der Waals surface area contributed by atoms with Crippen molar-refractivity contribution in [2.24, 2.45) is 11.8 Å². The molecule has 8 heteroatoms. The predicted octanol–water partition coefficient (Wildman–Crippen LogP) is 6.24. The van der Waals surface area contributed by atoms with E-state index >= 15 is 0 Å². The number of benzene rings is 1. The van der Waals surface area contributed by atoms with Gasteiger partial charge >= 0.3 is 6.18 Å². The van der Waals surface area contributed by atoms with Crippen molar-refractivity contribution in [3.8, 4) is 5.75 Å². The van der Waals surface area contributed by atoms with E-state index in [1.54, 1.807) is 18.2 Å². The lowest BCUT2D eigenvalue weighted by molar-refractivity contribution is -0.137. The lowest BCUT2D eigenvalue weighted by Gasteiger charge is -2.38. The van der Waals surface area contributed by atoms with Crippen molar-refractivity contribution in [1.29, 1.82) is 0 Å². The normalized spacial score (nSPS) is 23.8. The summed E-state index contributed by atoms with van der Waals surface area (Å²) in [7, 11) is 0. The van der Waals surface area contributed by atoms with Gasteiger partial charge in [-0.05, 0) is 62.3 Å². The first-order valence-corrected chi connectivity index (χ1v) is 10.9. The van der Waals surface area contributed by atoms with Crippen LogP contribution in [0.2, 0.25) is 5.02 Å². The average Bonchev–Trinajstić information content (AvgIpc) is 3.09. The van der Waals surface area contributed by atoms with Crippen LogP contribution in [0.25, 0.3) is 0 Å². The van der Waals surface area contributed by atoms with Crippen molar-refractivity contribution in [3.63, 3.8) is 0 Å². The molecule has 1 aromatic heterocycles. The summed E-state index contributed by atoms with van der Waals surface area (Å²) in [6.45, 7) is 2.39. The number of nitrogens with one attached hydrogen (secondary N) is 1. The Balaban J connectivity index is 1.43. The number of rotatable bonds is 4. The molecule has 1 N–H and O–H groups in total. The van der Waals surface area contributed by atoms with Crippen LogP contribution in [-0.2, 0) is 16.4 Å². The van der Waals surface area contributed by atoms with Crippen molar-refractivity contribution < 1.29 is 22.7 Å². The van der Waals surface area contributed by atoms with Gasteiger partial charge in [-0.15, -0.1) is 0 Å². The maximum absolute atomic E-state index is 13.0. The number of fused-ring (bicyclic) bond motifs is 2. The summed E-state index contributed by atoms with van der Waals surface area (Å²) in [5.74, 6) is 0.812. The van der Waals surface area contributed by atoms with Crippen LogP contribution in [0.1, 0.15) is 50.2 Å². The molecule has 2 aromatic rings. The molecule has 0 unspecified atom stereocenters. The molecule has 166 valence electrons. The number of hydrogen-bond acceptors (Lipinski definition) is 3. The van der Waals surface area contributed by atoms with Crippen LogP contribution in [-0.4, -0.2) is 17.5 Å². The van der Waals surface area contributed by atoms with Gasteiger partial charge in [-0.3, -0.25) is 4.79 Å². The third-order valence-corrected chi connectivity index (χ3v) is 6.92. The summed E-state index contributed by atoms with van der Waals surface area (Å²) in [5.41, 5.74) is -0.0834. The highest BCUT2D eigenvalue weighted by atomic mass is 35.5. The smallest absolute Gasteiger partial charge is 0.416 e. The quantitative estimate of drug-likeness (QED) is 0.597. The van der Waals surface area contributed by atoms with Gasteiger partial charge in [0, 0.05) is 23.1 Å². The first kappa shape index (κ1) is 21.9. The number of halogens is 4. The molecule has 4 nitrogen and oxygen atoms in total. The fraction of sp³-hybridized carbons (Fsp3) is 0.478. The number of anilines is 1. The Kier molecular flexibility index (Phi) is 5.90. The zero-order valence-corrected chi connectivity index (χ0v) is 17.9. The van der Waals surface area contributed by atoms with Crippen molar-refractivity contribution >= 4 is 23.3 Å². The molecule has 1 amide bonds. The van der Waals surface area contributed by atoms with E-state index in [0.717, 1.165) is 43.4 Å². The maximum Gasteiger partial charge on any atom is 0.416 e. The van der Waals surface area contributed by atoms with Gasteiger partial charge in [0.05, 0.1) is 17.2 Å². The highest BCUT2D eigenvalue weighted by molar-refractivity contribution is 6.30. The van der Waals surface area contributed by atoms with E-state index in [1.165, 1.54) is 6.20 Å². The number of amides is 1. The second-order valence-electron chi connectivity index (χ2n) is 8.48. The van der Waals surface area contributed by atoms with Crippen LogP contribution in [0.5, 0.6) is 5.75 Å². The number of pyridine rings is 1. The van der Waals surface area contributed by atoms with E-state index in [-0.39, 0.29) is 23.2 Å². The zero-order chi connectivity index (χ0) is 22.2. The Hall–Kier alpha value is -2.28. The number of carbonyl (C=O) groups is 1. The van der Waals surface area contributed by atoms with Gasteiger partial charge in [-0.25, -0.2) is 4.98 Å². The van der Waals surface area contributed by atoms with E-state index in [9.17, 15) is 18.0 Å². The topological polar surface area (TPSA) is 51.2 Å². The third-order valence-electron chi connectivity index (χ3n) is 6.70. The highest BCUT2D eigenvalue weighted by Crippen LogP contribution is 2.51. The molecular formula is C23H24ClF3N2O2. The third kappa shape index (κ3) is 4.38. The number of hydrogen-bond donors (Lipinski definition) is 1. The minimum Gasteiger partial charge on any atom is -0.492 e. The van der Waals surface area contributed by atoms with Crippen molar-refractivity contribution in [2.45, 2.75) is 50.6 Å². The minimum absolute atomic E-state index is 0.0591. The van der Waals surface area contributed by atoms with Crippen LogP contribution < -0.4 is 10.1 Å². The Morgan fingerprint density at radius 2 is 2.03 bits per heavy atom. The molecule has 4 rings (SSSR count). The summed E-state index contributed by atoms with van der Waals surface area (Å²) in [6, 6.07) is 7.17. The Labute approximate surface area is 184 Å². The number of ether oxygens (including phenoxy) is 1. The van der Waals surface area contributed by atoms with Gasteiger partial charge in [0.2, 0.25) is 5.91 Å². The van der Waals surface area contributed by atoms with Crippen LogP contribution in [0.3, 0.4) is 0 Å². The van der Waals surface area contributed by atoms with Crippen molar-refractivity contribution in [2.75, 3.05) is 11.9 Å². The molecule has 1 saturated carbocycles. The number of aromatic nitrogens is 1. The second kappa shape index (κ2) is 8.34. The second-order valence-corrected chi connectivity index (χ2v) is 8.92. The fourth-order valence-electron chi connectivity index (χ4n) is 4.96. The lowest BCUT2D eigenvalue weighted by Crippen LogP contribution is -2.38. The highest BCUT2D eigenvalue weighted by Gasteiger charge is 2.46. The monoisotopic (exact) mass is 452 g/mol. The number of carbonyl (C=O) groups excluding carboxylic acids is 1. The summed E-state index contributed by atoms with van der Waals surface area (Å²) >= 11 is 5.84. The molecule has 1 aromatic carbocycles. The van der Waals surface area contributed by atoms with Gasteiger partial charge in [0.25, 0.3) is 0 Å². The van der Waals surface area contributed by atoms with Gasteiger partial charge < -0.3 is 10.1 Å². The maximum atomic E-state index is 13.0. The summed E-state index contributed by atoms with van der Waals surface area (Å²) < 4.78 is 44.7. The van der Waals surface area contributed by atoms with Crippen LogP contribution in [0, 0.1) is 11.8 Å². The molecule has 0 saturated heterocycles. The van der Waals surface area contributed by atoms with Gasteiger partial charge in [-0.2, -0.15) is 13.2 Å². The van der Waals surface area contributed by atoms with E-state index in [0.29, 0.717) is 29.6 Å². The molecular weight excluding hydrogens is 429 g/mol. The molecule has 0 radical (unpaired) electrons. The van der Waals surface area contributed by atoms with E-state index in [1.807, 2.05) is 6.92 Å². The minimum atomic E-state index is -4.38. The first-order valence-electron chi connectivity index (χ1n) is 10.5. The van der Waals surface area contributed by atoms with Crippen molar-refractivity contribution in [1.82, 2.24) is 4.98 Å². The SMILES string of the molecule is CC[C@H](C(=O)Nc1ccc(Cl)cn1)C1CCC2(CC1)COc1cc(C(F)(F)F)ccc12. The molecule has 1 aliphatic heterocycles. The molecule has 1 aliphatic carbocycles. The van der Waals surface area contributed by atoms with E-state index in [2.05, 4.69) is 10.3 Å². The molecule has 1 atom stereocenters. The van der Waals surface area contributed by atoms with E-state index < -0.39 is 11.7 Å². The van der Waals surface area contributed by atoms with Gasteiger partial charge in [-0.1, -0.05) is 24.6 Å². The van der Waals surface area contributed by atoms with Gasteiger partial charge in [0.1, 0.15) is 11.6 Å². The molecule has 1 fully saturated rings. The van der Waals surface area contributed by atoms with Crippen LogP contribution in [0.15, 0.2) is 36.5 Å². The Morgan fingerprint density at radius 3 is 2.65 bits per heavy atom. The molecule has 2 heterocycles. The van der Waals surface area contributed by atoms with E-state index in [4.69, 9.17) is 16.3 Å². The average molecular weight is 453 g/mol. The largest absolute Gasteiger partial charge is 0.492 e. The van der Waals surface area contributed by atoms with Crippen molar-refractivity contribution in [3.05, 3.63) is 52.7 Å². The predicted molar refractivity (Wildman–Crippen MR) is 112 cm³/mol. The Morgan fingerprint density at radius 1 is 1.29 bits per heavy atom. The summed E-state index contributed by atoms with van der Waals surface area (Å²) in [6.07, 6.45) is 1.04. The fourth-order valence-corrected chi connectivity index (χ4v) is 5.07. The van der Waals surface area contributed by atoms with Crippen LogP contribution in [0.4, 0.5) is 19.0 Å². The number of alkyl halides is 3. The standard InChI is InChI=1S/C23H24ClF3N2O2/c1-2-17(21(30)29-20-6-4-16(24)12-28-20)14-7-9-22(10-8-14)13-31-19-11-15(23(25,26)27)3-5-18(19)22/h3-6,11-12,14,17H,2,7-10,13H2,1H3,(H,28,29,30)/t14?,17-,22?/m0/s1. The summed E-state index contributed by atoms with van der Waals surface area (Å²) in [5, 5.41) is 3.38.